The van der Waals surface area contributed by atoms with Crippen molar-refractivity contribution in [1.29, 1.82) is 0 Å². The van der Waals surface area contributed by atoms with Crippen molar-refractivity contribution in [3.8, 4) is 5.75 Å². The smallest absolute Gasteiger partial charge is 0.387 e. The minimum Gasteiger partial charge on any atom is -0.435 e. The lowest BCUT2D eigenvalue weighted by Crippen LogP contribution is -2.05. The highest BCUT2D eigenvalue weighted by molar-refractivity contribution is 6.12. The standard InChI is InChI=1S/C19H15F2NO3/c1-11-3-6-14(9-12(11)2)17-22-16(18(23)25-17)10-13-4-7-15(8-5-13)24-19(20)21/h3-10,19H,1-2H3/b16-10-. The third kappa shape index (κ3) is 3.91. The summed E-state index contributed by atoms with van der Waals surface area (Å²) in [4.78, 5) is 16.2. The summed E-state index contributed by atoms with van der Waals surface area (Å²) in [7, 11) is 0. The van der Waals surface area contributed by atoms with Crippen LogP contribution in [0.2, 0.25) is 0 Å². The van der Waals surface area contributed by atoms with Gasteiger partial charge in [0.25, 0.3) is 0 Å². The number of carbonyl (C=O) groups is 1. The van der Waals surface area contributed by atoms with Gasteiger partial charge in [-0.05, 0) is 60.9 Å². The van der Waals surface area contributed by atoms with E-state index in [1.807, 2.05) is 32.0 Å². The Labute approximate surface area is 143 Å². The molecular formula is C19H15F2NO3. The van der Waals surface area contributed by atoms with Crippen LogP contribution in [0.1, 0.15) is 22.3 Å². The number of hydrogen-bond donors (Lipinski definition) is 0. The Balaban J connectivity index is 1.84. The molecule has 0 aromatic heterocycles. The summed E-state index contributed by atoms with van der Waals surface area (Å²) in [6.07, 6.45) is 1.53. The van der Waals surface area contributed by atoms with Crippen LogP contribution in [0.15, 0.2) is 53.2 Å². The van der Waals surface area contributed by atoms with Gasteiger partial charge in [0.05, 0.1) is 0 Å². The molecule has 0 saturated heterocycles. The summed E-state index contributed by atoms with van der Waals surface area (Å²) in [5.74, 6) is -0.261. The van der Waals surface area contributed by atoms with Gasteiger partial charge in [-0.25, -0.2) is 9.79 Å². The molecule has 0 N–H and O–H groups in total. The van der Waals surface area contributed by atoms with Crippen molar-refractivity contribution in [3.05, 3.63) is 70.4 Å². The fourth-order valence-corrected chi connectivity index (χ4v) is 2.31. The van der Waals surface area contributed by atoms with Gasteiger partial charge < -0.3 is 9.47 Å². The second-order valence-electron chi connectivity index (χ2n) is 5.58. The normalized spacial score (nSPS) is 15.5. The molecule has 0 atom stereocenters. The molecule has 128 valence electrons. The average molecular weight is 343 g/mol. The zero-order valence-corrected chi connectivity index (χ0v) is 13.6. The second-order valence-corrected chi connectivity index (χ2v) is 5.58. The van der Waals surface area contributed by atoms with E-state index in [2.05, 4.69) is 9.73 Å². The Morgan fingerprint density at radius 2 is 1.80 bits per heavy atom. The van der Waals surface area contributed by atoms with Crippen molar-refractivity contribution in [1.82, 2.24) is 0 Å². The molecule has 0 radical (unpaired) electrons. The van der Waals surface area contributed by atoms with E-state index in [1.165, 1.54) is 18.2 Å². The van der Waals surface area contributed by atoms with Crippen LogP contribution in [0, 0.1) is 13.8 Å². The van der Waals surface area contributed by atoms with E-state index in [9.17, 15) is 13.6 Å². The monoisotopic (exact) mass is 343 g/mol. The van der Waals surface area contributed by atoms with Gasteiger partial charge in [0, 0.05) is 5.56 Å². The Hall–Kier alpha value is -3.02. The first-order valence-corrected chi connectivity index (χ1v) is 7.57. The highest BCUT2D eigenvalue weighted by Gasteiger charge is 2.24. The minimum atomic E-state index is -2.88. The summed E-state index contributed by atoms with van der Waals surface area (Å²) in [5, 5.41) is 0. The molecule has 0 bridgehead atoms. The van der Waals surface area contributed by atoms with Gasteiger partial charge in [-0.3, -0.25) is 0 Å². The maximum absolute atomic E-state index is 12.1. The molecule has 0 fully saturated rings. The maximum atomic E-state index is 12.1. The first kappa shape index (κ1) is 16.8. The Morgan fingerprint density at radius 3 is 2.44 bits per heavy atom. The number of ether oxygens (including phenoxy) is 2. The first-order valence-electron chi connectivity index (χ1n) is 7.57. The lowest BCUT2D eigenvalue weighted by molar-refractivity contribution is -0.129. The summed E-state index contributed by atoms with van der Waals surface area (Å²) >= 11 is 0. The lowest BCUT2D eigenvalue weighted by Gasteiger charge is -2.03. The van der Waals surface area contributed by atoms with Crippen LogP contribution in [0.5, 0.6) is 5.75 Å². The molecule has 3 rings (SSSR count). The van der Waals surface area contributed by atoms with Crippen LogP contribution in [0.25, 0.3) is 6.08 Å². The number of halogens is 2. The fourth-order valence-electron chi connectivity index (χ4n) is 2.31. The van der Waals surface area contributed by atoms with Gasteiger partial charge >= 0.3 is 12.6 Å². The summed E-state index contributed by atoms with van der Waals surface area (Å²) < 4.78 is 33.8. The van der Waals surface area contributed by atoms with Crippen molar-refractivity contribution in [2.24, 2.45) is 4.99 Å². The van der Waals surface area contributed by atoms with Gasteiger partial charge in [-0.15, -0.1) is 0 Å². The van der Waals surface area contributed by atoms with Gasteiger partial charge in [0.1, 0.15) is 5.75 Å². The van der Waals surface area contributed by atoms with E-state index in [4.69, 9.17) is 4.74 Å². The number of hydrogen-bond acceptors (Lipinski definition) is 4. The van der Waals surface area contributed by atoms with Gasteiger partial charge in [-0.1, -0.05) is 18.2 Å². The van der Waals surface area contributed by atoms with E-state index in [0.717, 1.165) is 16.7 Å². The van der Waals surface area contributed by atoms with Crippen LogP contribution >= 0.6 is 0 Å². The lowest BCUT2D eigenvalue weighted by atomic mass is 10.1. The number of aliphatic imine (C=N–C) groups is 1. The number of alkyl halides is 2. The average Bonchev–Trinajstić information content (AvgIpc) is 2.92. The number of esters is 1. The topological polar surface area (TPSA) is 47.9 Å². The molecule has 1 aliphatic rings. The molecule has 4 nitrogen and oxygen atoms in total. The predicted octanol–water partition coefficient (Wildman–Crippen LogP) is 4.25. The molecule has 1 aliphatic heterocycles. The van der Waals surface area contributed by atoms with Crippen LogP contribution in [-0.2, 0) is 9.53 Å². The quantitative estimate of drug-likeness (QED) is 0.616. The largest absolute Gasteiger partial charge is 0.435 e. The third-order valence-electron chi connectivity index (χ3n) is 3.78. The molecule has 0 aliphatic carbocycles. The fraction of sp³-hybridized carbons (Fsp3) is 0.158. The number of cyclic esters (lactones) is 1. The highest BCUT2D eigenvalue weighted by atomic mass is 19.3. The zero-order chi connectivity index (χ0) is 18.0. The van der Waals surface area contributed by atoms with E-state index >= 15 is 0 Å². The van der Waals surface area contributed by atoms with Crippen LogP contribution in [-0.4, -0.2) is 18.5 Å². The van der Waals surface area contributed by atoms with Gasteiger partial charge in [-0.2, -0.15) is 8.78 Å². The summed E-state index contributed by atoms with van der Waals surface area (Å²) in [5.41, 5.74) is 3.70. The first-order chi connectivity index (χ1) is 11.9. The molecule has 2 aromatic carbocycles. The van der Waals surface area contributed by atoms with Crippen molar-refractivity contribution >= 4 is 17.9 Å². The number of benzene rings is 2. The van der Waals surface area contributed by atoms with Crippen LogP contribution in [0.4, 0.5) is 8.78 Å². The Bertz CT molecular complexity index is 871. The number of rotatable bonds is 4. The molecule has 0 spiro atoms. The number of aryl methyl sites for hydroxylation is 2. The van der Waals surface area contributed by atoms with Crippen molar-refractivity contribution in [2.45, 2.75) is 20.5 Å². The molecular weight excluding hydrogens is 328 g/mol. The molecule has 0 saturated carbocycles. The van der Waals surface area contributed by atoms with E-state index < -0.39 is 12.6 Å². The predicted molar refractivity (Wildman–Crippen MR) is 89.6 cm³/mol. The number of carbonyl (C=O) groups excluding carboxylic acids is 1. The Morgan fingerprint density at radius 1 is 1.08 bits per heavy atom. The second kappa shape index (κ2) is 6.84. The summed E-state index contributed by atoms with van der Waals surface area (Å²) in [6, 6.07) is 11.6. The summed E-state index contributed by atoms with van der Waals surface area (Å²) in [6.45, 7) is 1.09. The van der Waals surface area contributed by atoms with Gasteiger partial charge in [0.15, 0.2) is 5.70 Å². The Kier molecular flexibility index (Phi) is 4.61. The maximum Gasteiger partial charge on any atom is 0.387 e. The van der Waals surface area contributed by atoms with Crippen molar-refractivity contribution in [2.75, 3.05) is 0 Å². The molecule has 0 unspecified atom stereocenters. The third-order valence-corrected chi connectivity index (χ3v) is 3.78. The van der Waals surface area contributed by atoms with Crippen molar-refractivity contribution < 1.29 is 23.0 Å². The van der Waals surface area contributed by atoms with Crippen LogP contribution < -0.4 is 4.74 Å². The van der Waals surface area contributed by atoms with Crippen molar-refractivity contribution in [3.63, 3.8) is 0 Å². The number of nitrogens with zero attached hydrogens (tertiary/aromatic N) is 1. The molecule has 1 heterocycles. The highest BCUT2D eigenvalue weighted by Crippen LogP contribution is 2.22. The van der Waals surface area contributed by atoms with E-state index in [0.29, 0.717) is 5.56 Å². The van der Waals surface area contributed by atoms with E-state index in [-0.39, 0.29) is 17.3 Å². The molecule has 6 heteroatoms. The minimum absolute atomic E-state index is 0.0467. The molecule has 2 aromatic rings. The van der Waals surface area contributed by atoms with E-state index in [1.54, 1.807) is 12.1 Å². The van der Waals surface area contributed by atoms with Crippen LogP contribution in [0.3, 0.4) is 0 Å². The molecule has 0 amide bonds. The van der Waals surface area contributed by atoms with Gasteiger partial charge in [0.2, 0.25) is 5.90 Å². The molecule has 25 heavy (non-hydrogen) atoms. The SMILES string of the molecule is Cc1ccc(C2=N/C(=C\c3ccc(OC(F)F)cc3)C(=O)O2)cc1C. The zero-order valence-electron chi connectivity index (χ0n) is 13.6.